The SMILES string of the molecule is CCC(N)=O.CN(C(=O)c1ccc(-c2ccc(F)cc2)cc1)C1CCCC1. The number of carbonyl (C=O) groups excluding carboxylic acids is 2. The van der Waals surface area contributed by atoms with Gasteiger partial charge in [-0.05, 0) is 48.2 Å². The van der Waals surface area contributed by atoms with Crippen LogP contribution < -0.4 is 5.73 Å². The summed E-state index contributed by atoms with van der Waals surface area (Å²) in [5.74, 6) is -0.406. The van der Waals surface area contributed by atoms with Crippen LogP contribution in [-0.2, 0) is 4.79 Å². The molecular weight excluding hydrogens is 343 g/mol. The summed E-state index contributed by atoms with van der Waals surface area (Å²) in [4.78, 5) is 24.0. The minimum atomic E-state index is -0.245. The Labute approximate surface area is 160 Å². The van der Waals surface area contributed by atoms with E-state index in [0.29, 0.717) is 18.0 Å². The third-order valence-electron chi connectivity index (χ3n) is 4.85. The van der Waals surface area contributed by atoms with Gasteiger partial charge in [-0.1, -0.05) is 44.0 Å². The summed E-state index contributed by atoms with van der Waals surface area (Å²) in [6, 6.07) is 14.3. The fourth-order valence-electron chi connectivity index (χ4n) is 3.11. The van der Waals surface area contributed by atoms with Crippen LogP contribution in [0.2, 0.25) is 0 Å². The maximum atomic E-state index is 13.0. The monoisotopic (exact) mass is 370 g/mol. The summed E-state index contributed by atoms with van der Waals surface area (Å²) in [6.07, 6.45) is 5.09. The lowest BCUT2D eigenvalue weighted by atomic mass is 10.0. The molecule has 0 aliphatic heterocycles. The third-order valence-corrected chi connectivity index (χ3v) is 4.85. The van der Waals surface area contributed by atoms with E-state index < -0.39 is 0 Å². The molecule has 4 nitrogen and oxygen atoms in total. The fourth-order valence-corrected chi connectivity index (χ4v) is 3.11. The van der Waals surface area contributed by atoms with Crippen molar-refractivity contribution in [2.24, 2.45) is 5.73 Å². The fraction of sp³-hybridized carbons (Fsp3) is 0.364. The Morgan fingerprint density at radius 2 is 1.44 bits per heavy atom. The molecule has 0 heterocycles. The highest BCUT2D eigenvalue weighted by Gasteiger charge is 2.24. The van der Waals surface area contributed by atoms with E-state index in [2.05, 4.69) is 5.73 Å². The van der Waals surface area contributed by atoms with Crippen molar-refractivity contribution in [3.8, 4) is 11.1 Å². The van der Waals surface area contributed by atoms with Gasteiger partial charge in [0.05, 0.1) is 0 Å². The Bertz CT molecular complexity index is 751. The molecule has 27 heavy (non-hydrogen) atoms. The number of hydrogen-bond donors (Lipinski definition) is 1. The summed E-state index contributed by atoms with van der Waals surface area (Å²) < 4.78 is 13.0. The van der Waals surface area contributed by atoms with Gasteiger partial charge in [-0.15, -0.1) is 0 Å². The highest BCUT2D eigenvalue weighted by molar-refractivity contribution is 5.94. The first kappa shape index (κ1) is 20.6. The Morgan fingerprint density at radius 1 is 1.00 bits per heavy atom. The largest absolute Gasteiger partial charge is 0.370 e. The molecule has 1 aliphatic rings. The van der Waals surface area contributed by atoms with Crippen LogP contribution in [0.3, 0.4) is 0 Å². The van der Waals surface area contributed by atoms with E-state index in [1.165, 1.54) is 25.0 Å². The van der Waals surface area contributed by atoms with Gasteiger partial charge in [-0.2, -0.15) is 0 Å². The minimum absolute atomic E-state index is 0.0811. The normalized spacial score (nSPS) is 13.6. The first-order valence-electron chi connectivity index (χ1n) is 9.33. The number of rotatable bonds is 4. The Balaban J connectivity index is 0.000000465. The average Bonchev–Trinajstić information content (AvgIpc) is 3.23. The molecule has 2 aromatic carbocycles. The average molecular weight is 370 g/mol. The Hall–Kier alpha value is -2.69. The third kappa shape index (κ3) is 5.91. The molecule has 2 amide bonds. The molecular formula is C22H27FN2O2. The molecule has 0 saturated heterocycles. The Morgan fingerprint density at radius 3 is 1.89 bits per heavy atom. The van der Waals surface area contributed by atoms with E-state index in [1.807, 2.05) is 36.2 Å². The molecule has 0 atom stereocenters. The van der Waals surface area contributed by atoms with Gasteiger partial charge in [-0.25, -0.2) is 4.39 Å². The number of halogens is 1. The predicted molar refractivity (Wildman–Crippen MR) is 106 cm³/mol. The van der Waals surface area contributed by atoms with Gasteiger partial charge in [-0.3, -0.25) is 9.59 Å². The second kappa shape index (κ2) is 9.86. The smallest absolute Gasteiger partial charge is 0.253 e. The predicted octanol–water partition coefficient (Wildman–Crippen LogP) is 4.39. The van der Waals surface area contributed by atoms with Gasteiger partial charge in [0, 0.05) is 25.1 Å². The zero-order valence-corrected chi connectivity index (χ0v) is 16.0. The second-order valence-corrected chi connectivity index (χ2v) is 6.76. The number of hydrogen-bond acceptors (Lipinski definition) is 2. The number of nitrogens with zero attached hydrogens (tertiary/aromatic N) is 1. The molecule has 0 radical (unpaired) electrons. The number of nitrogens with two attached hydrogens (primary N) is 1. The summed E-state index contributed by atoms with van der Waals surface area (Å²) in [5, 5.41) is 0. The van der Waals surface area contributed by atoms with Gasteiger partial charge in [0.2, 0.25) is 5.91 Å². The quantitative estimate of drug-likeness (QED) is 0.867. The van der Waals surface area contributed by atoms with Crippen LogP contribution >= 0.6 is 0 Å². The van der Waals surface area contributed by atoms with Gasteiger partial charge in [0.1, 0.15) is 5.82 Å². The van der Waals surface area contributed by atoms with E-state index in [4.69, 9.17) is 0 Å². The van der Waals surface area contributed by atoms with Crippen molar-refractivity contribution >= 4 is 11.8 Å². The van der Waals surface area contributed by atoms with E-state index in [-0.39, 0.29) is 17.6 Å². The molecule has 1 saturated carbocycles. The zero-order valence-electron chi connectivity index (χ0n) is 16.0. The standard InChI is InChI=1S/C19H20FNO.C3H7NO/c1-21(18-4-2-3-5-18)19(22)16-8-6-14(7-9-16)15-10-12-17(20)13-11-15;1-2-3(4)5/h6-13,18H,2-5H2,1H3;2H2,1H3,(H2,4,5). The van der Waals surface area contributed by atoms with Crippen LogP contribution in [0.1, 0.15) is 49.4 Å². The van der Waals surface area contributed by atoms with Crippen molar-refractivity contribution in [1.29, 1.82) is 0 Å². The van der Waals surface area contributed by atoms with Crippen LogP contribution in [0.25, 0.3) is 11.1 Å². The summed E-state index contributed by atoms with van der Waals surface area (Å²) >= 11 is 0. The lowest BCUT2D eigenvalue weighted by Gasteiger charge is -2.24. The molecule has 1 aliphatic carbocycles. The molecule has 0 spiro atoms. The van der Waals surface area contributed by atoms with E-state index >= 15 is 0 Å². The van der Waals surface area contributed by atoms with E-state index in [0.717, 1.165) is 24.0 Å². The van der Waals surface area contributed by atoms with E-state index in [1.54, 1.807) is 19.1 Å². The number of benzene rings is 2. The van der Waals surface area contributed by atoms with Gasteiger partial charge < -0.3 is 10.6 Å². The van der Waals surface area contributed by atoms with Crippen molar-refractivity contribution in [3.63, 3.8) is 0 Å². The van der Waals surface area contributed by atoms with Crippen LogP contribution in [-0.4, -0.2) is 29.8 Å². The molecule has 0 aromatic heterocycles. The second-order valence-electron chi connectivity index (χ2n) is 6.76. The van der Waals surface area contributed by atoms with Crippen LogP contribution in [0.4, 0.5) is 4.39 Å². The molecule has 2 aromatic rings. The van der Waals surface area contributed by atoms with Gasteiger partial charge >= 0.3 is 0 Å². The lowest BCUT2D eigenvalue weighted by Crippen LogP contribution is -2.35. The molecule has 0 bridgehead atoms. The first-order chi connectivity index (χ1) is 12.9. The summed E-state index contributed by atoms with van der Waals surface area (Å²) in [5.41, 5.74) is 7.30. The van der Waals surface area contributed by atoms with Gasteiger partial charge in [0.25, 0.3) is 5.91 Å². The maximum Gasteiger partial charge on any atom is 0.253 e. The minimum Gasteiger partial charge on any atom is -0.370 e. The summed E-state index contributed by atoms with van der Waals surface area (Å²) in [7, 11) is 1.90. The highest BCUT2D eigenvalue weighted by Crippen LogP contribution is 2.25. The van der Waals surface area contributed by atoms with Crippen molar-refractivity contribution < 1.29 is 14.0 Å². The number of primary amides is 1. The van der Waals surface area contributed by atoms with Crippen LogP contribution in [0.15, 0.2) is 48.5 Å². The first-order valence-corrected chi connectivity index (χ1v) is 9.33. The van der Waals surface area contributed by atoms with Crippen molar-refractivity contribution in [2.75, 3.05) is 7.05 Å². The van der Waals surface area contributed by atoms with Crippen LogP contribution in [0.5, 0.6) is 0 Å². The highest BCUT2D eigenvalue weighted by atomic mass is 19.1. The molecule has 1 fully saturated rings. The van der Waals surface area contributed by atoms with Crippen molar-refractivity contribution in [3.05, 3.63) is 59.9 Å². The molecule has 3 rings (SSSR count). The number of amides is 2. The molecule has 5 heteroatoms. The maximum absolute atomic E-state index is 13.0. The Kier molecular flexibility index (Phi) is 7.53. The molecule has 2 N–H and O–H groups in total. The lowest BCUT2D eigenvalue weighted by molar-refractivity contribution is -0.117. The number of carbonyl (C=O) groups is 2. The molecule has 0 unspecified atom stereocenters. The van der Waals surface area contributed by atoms with Gasteiger partial charge in [0.15, 0.2) is 0 Å². The summed E-state index contributed by atoms with van der Waals surface area (Å²) in [6.45, 7) is 1.72. The van der Waals surface area contributed by atoms with Crippen molar-refractivity contribution in [2.45, 2.75) is 45.1 Å². The van der Waals surface area contributed by atoms with Crippen molar-refractivity contribution in [1.82, 2.24) is 4.90 Å². The van der Waals surface area contributed by atoms with Crippen LogP contribution in [0, 0.1) is 5.82 Å². The molecule has 144 valence electrons. The van der Waals surface area contributed by atoms with E-state index in [9.17, 15) is 14.0 Å². The topological polar surface area (TPSA) is 63.4 Å². The zero-order chi connectivity index (χ0) is 19.8.